The summed E-state index contributed by atoms with van der Waals surface area (Å²) in [5, 5.41) is 2.90. The van der Waals surface area contributed by atoms with Crippen LogP contribution in [0.5, 0.6) is 0 Å². The second-order valence-corrected chi connectivity index (χ2v) is 10.7. The number of hydrogen-bond donors (Lipinski definition) is 1. The molecule has 0 unspecified atom stereocenters. The number of hydrogen-bond acceptors (Lipinski definition) is 2. The quantitative estimate of drug-likeness (QED) is 0.411. The molecule has 2 aliphatic rings. The number of carbonyl (C=O) groups excluding carboxylic acids is 2. The van der Waals surface area contributed by atoms with Crippen LogP contribution in [-0.2, 0) is 9.59 Å². The largest absolute Gasteiger partial charge is 0.296 e. The van der Waals surface area contributed by atoms with Crippen LogP contribution in [-0.4, -0.2) is 26.2 Å². The molecule has 0 aromatic rings. The highest BCUT2D eigenvalue weighted by molar-refractivity contribution is 7.03. The Balaban J connectivity index is 1.90. The van der Waals surface area contributed by atoms with Gasteiger partial charge in [-0.15, -0.1) is 0 Å². The maximum Gasteiger partial charge on any atom is 0.226 e. The molecule has 2 rings (SSSR count). The molecule has 0 aromatic heterocycles. The molecule has 0 atom stereocenters. The first-order chi connectivity index (χ1) is 14.4. The second-order valence-electron chi connectivity index (χ2n) is 10.7. The van der Waals surface area contributed by atoms with Crippen molar-refractivity contribution < 1.29 is 9.59 Å². The van der Waals surface area contributed by atoms with Crippen molar-refractivity contribution in [2.24, 2.45) is 0 Å². The van der Waals surface area contributed by atoms with Crippen LogP contribution < -0.4 is 5.32 Å². The first-order valence-corrected chi connectivity index (χ1v) is 12.9. The van der Waals surface area contributed by atoms with E-state index in [1.807, 2.05) is 0 Å². The summed E-state index contributed by atoms with van der Waals surface area (Å²) in [6.45, 7) is 4.80. The summed E-state index contributed by atoms with van der Waals surface area (Å²) in [6.07, 6.45) is 22.6. The van der Waals surface area contributed by atoms with Gasteiger partial charge in [0.15, 0.2) is 0 Å². The number of carbonyl (C=O) groups is 2. The van der Waals surface area contributed by atoms with E-state index in [-0.39, 0.29) is 22.4 Å². The number of amides is 2. The van der Waals surface area contributed by atoms with Gasteiger partial charge in [0.1, 0.15) is 0 Å². The third kappa shape index (κ3) is 10.5. The molecule has 0 spiro atoms. The van der Waals surface area contributed by atoms with Crippen molar-refractivity contribution in [3.63, 3.8) is 0 Å². The van der Waals surface area contributed by atoms with E-state index in [0.29, 0.717) is 12.8 Å². The van der Waals surface area contributed by atoms with Gasteiger partial charge >= 0.3 is 0 Å². The van der Waals surface area contributed by atoms with Crippen LogP contribution in [0.25, 0.3) is 0 Å². The predicted molar refractivity (Wildman–Crippen MR) is 129 cm³/mol. The van der Waals surface area contributed by atoms with Gasteiger partial charge in [-0.2, -0.15) is 0 Å². The maximum atomic E-state index is 11.9. The minimum absolute atomic E-state index is 0.0972. The molecule has 1 aliphatic heterocycles. The van der Waals surface area contributed by atoms with Gasteiger partial charge in [0, 0.05) is 12.8 Å². The summed E-state index contributed by atoms with van der Waals surface area (Å²) in [5.74, 6) is -0.211. The fourth-order valence-corrected chi connectivity index (χ4v) is 5.22. The standard InChI is InChI=1S/C25H45B2NO2/c1-24(18-12-10-8-6-4-3-5-7-9-11-13-19-24)26-27-25(2)20-14-16-22(29)28-23(30)17-15-21-25/h3-21H2,1-2H3,(H,28,29,30). The van der Waals surface area contributed by atoms with E-state index in [2.05, 4.69) is 33.5 Å². The Labute approximate surface area is 187 Å². The van der Waals surface area contributed by atoms with Crippen molar-refractivity contribution in [2.75, 3.05) is 0 Å². The van der Waals surface area contributed by atoms with Crippen molar-refractivity contribution >= 4 is 26.2 Å². The summed E-state index contributed by atoms with van der Waals surface area (Å²) in [4.78, 5) is 23.7. The lowest BCUT2D eigenvalue weighted by Gasteiger charge is -2.36. The summed E-state index contributed by atoms with van der Waals surface area (Å²) in [7, 11) is 5.01. The molecule has 2 fully saturated rings. The smallest absolute Gasteiger partial charge is 0.226 e. The van der Waals surface area contributed by atoms with Crippen molar-refractivity contribution in [2.45, 2.75) is 146 Å². The molecule has 1 heterocycles. The minimum atomic E-state index is -0.105. The van der Waals surface area contributed by atoms with Crippen LogP contribution in [0, 0.1) is 0 Å². The molecule has 1 aliphatic carbocycles. The third-order valence-electron chi connectivity index (χ3n) is 7.47. The van der Waals surface area contributed by atoms with E-state index < -0.39 is 0 Å². The molecule has 168 valence electrons. The fourth-order valence-electron chi connectivity index (χ4n) is 5.22. The van der Waals surface area contributed by atoms with Gasteiger partial charge in [-0.1, -0.05) is 121 Å². The van der Waals surface area contributed by atoms with Crippen LogP contribution in [0.2, 0.25) is 10.6 Å². The lowest BCUT2D eigenvalue weighted by atomic mass is 9.20. The molecule has 5 heteroatoms. The normalized spacial score (nSPS) is 25.4. The van der Waals surface area contributed by atoms with Crippen LogP contribution in [0.15, 0.2) is 0 Å². The number of nitrogens with one attached hydrogen (secondary N) is 1. The van der Waals surface area contributed by atoms with Gasteiger partial charge in [-0.3, -0.25) is 14.9 Å². The maximum absolute atomic E-state index is 11.9. The molecule has 0 bridgehead atoms. The highest BCUT2D eigenvalue weighted by atomic mass is 16.2. The summed E-state index contributed by atoms with van der Waals surface area (Å²) < 4.78 is 0. The monoisotopic (exact) mass is 413 g/mol. The first kappa shape index (κ1) is 25.5. The lowest BCUT2D eigenvalue weighted by Crippen LogP contribution is -2.34. The van der Waals surface area contributed by atoms with Crippen molar-refractivity contribution in [3.05, 3.63) is 0 Å². The molecular weight excluding hydrogens is 368 g/mol. The van der Waals surface area contributed by atoms with Crippen LogP contribution in [0.3, 0.4) is 0 Å². The SMILES string of the molecule is CC1([B][B]C2(C)CCCC(=O)NC(=O)CCC2)CCCCCCCCCCCCC1. The zero-order valence-corrected chi connectivity index (χ0v) is 19.9. The fraction of sp³-hybridized carbons (Fsp3) is 0.920. The highest BCUT2D eigenvalue weighted by Gasteiger charge is 2.32. The molecular formula is C25H45B2NO2. The van der Waals surface area contributed by atoms with Crippen LogP contribution in [0.4, 0.5) is 0 Å². The minimum Gasteiger partial charge on any atom is -0.296 e. The third-order valence-corrected chi connectivity index (χ3v) is 7.47. The second kappa shape index (κ2) is 13.6. The van der Waals surface area contributed by atoms with E-state index in [1.54, 1.807) is 0 Å². The van der Waals surface area contributed by atoms with Gasteiger partial charge in [-0.25, -0.2) is 0 Å². The highest BCUT2D eigenvalue weighted by Crippen LogP contribution is 2.43. The van der Waals surface area contributed by atoms with Gasteiger partial charge < -0.3 is 0 Å². The Kier molecular flexibility index (Phi) is 11.6. The van der Waals surface area contributed by atoms with E-state index >= 15 is 0 Å². The zero-order chi connectivity index (χ0) is 21.7. The predicted octanol–water partition coefficient (Wildman–Crippen LogP) is 6.75. The molecule has 30 heavy (non-hydrogen) atoms. The van der Waals surface area contributed by atoms with Crippen molar-refractivity contribution in [3.8, 4) is 0 Å². The summed E-state index contributed by atoms with van der Waals surface area (Å²) in [5.41, 5.74) is 0. The lowest BCUT2D eigenvalue weighted by molar-refractivity contribution is -0.130. The zero-order valence-electron chi connectivity index (χ0n) is 19.9. The molecule has 3 nitrogen and oxygen atoms in total. The molecule has 1 saturated heterocycles. The summed E-state index contributed by atoms with van der Waals surface area (Å²) in [6, 6.07) is 0. The Bertz CT molecular complexity index is 489. The Hall–Kier alpha value is -0.730. The van der Waals surface area contributed by atoms with Gasteiger partial charge in [0.25, 0.3) is 0 Å². The van der Waals surface area contributed by atoms with Crippen LogP contribution >= 0.6 is 0 Å². The van der Waals surface area contributed by atoms with Crippen LogP contribution in [0.1, 0.15) is 136 Å². The van der Waals surface area contributed by atoms with Crippen molar-refractivity contribution in [1.29, 1.82) is 0 Å². The van der Waals surface area contributed by atoms with E-state index in [9.17, 15) is 9.59 Å². The number of rotatable bonds is 3. The van der Waals surface area contributed by atoms with Gasteiger partial charge in [-0.05, 0) is 12.8 Å². The molecule has 2 radical (unpaired) electrons. The van der Waals surface area contributed by atoms with E-state index in [4.69, 9.17) is 0 Å². The summed E-state index contributed by atoms with van der Waals surface area (Å²) >= 11 is 0. The Morgan fingerprint density at radius 3 is 1.20 bits per heavy atom. The van der Waals surface area contributed by atoms with E-state index in [0.717, 1.165) is 25.7 Å². The Morgan fingerprint density at radius 2 is 0.833 bits per heavy atom. The molecule has 1 N–H and O–H groups in total. The average Bonchev–Trinajstić information content (AvgIpc) is 2.69. The number of imide groups is 1. The Morgan fingerprint density at radius 1 is 0.533 bits per heavy atom. The molecule has 2 amide bonds. The van der Waals surface area contributed by atoms with Gasteiger partial charge in [0.2, 0.25) is 11.8 Å². The van der Waals surface area contributed by atoms with Gasteiger partial charge in [0.05, 0.1) is 14.3 Å². The van der Waals surface area contributed by atoms with Crippen molar-refractivity contribution in [1.82, 2.24) is 5.32 Å². The molecule has 0 aromatic carbocycles. The topological polar surface area (TPSA) is 46.2 Å². The average molecular weight is 413 g/mol. The van der Waals surface area contributed by atoms with E-state index in [1.165, 1.54) is 83.5 Å². The molecule has 1 saturated carbocycles. The first-order valence-electron chi connectivity index (χ1n) is 12.9.